The number of halogens is 1. The lowest BCUT2D eigenvalue weighted by Crippen LogP contribution is -2.18. The third-order valence-corrected chi connectivity index (χ3v) is 4.16. The molecule has 0 saturated carbocycles. The van der Waals surface area contributed by atoms with Crippen LogP contribution in [0.25, 0.3) is 0 Å². The molecular formula is C19H18ClN5O2. The maximum absolute atomic E-state index is 11.7. The number of hydrogen-bond donors (Lipinski definition) is 1. The predicted molar refractivity (Wildman–Crippen MR) is 104 cm³/mol. The summed E-state index contributed by atoms with van der Waals surface area (Å²) in [5.74, 6) is 0.470. The fourth-order valence-corrected chi connectivity index (χ4v) is 2.62. The van der Waals surface area contributed by atoms with Gasteiger partial charge in [-0.3, -0.25) is 0 Å². The molecule has 0 unspecified atom stereocenters. The first kappa shape index (κ1) is 18.6. The molecule has 0 atom stereocenters. The minimum atomic E-state index is -0.454. The van der Waals surface area contributed by atoms with E-state index >= 15 is 0 Å². The Hall–Kier alpha value is -3.19. The molecule has 27 heavy (non-hydrogen) atoms. The van der Waals surface area contributed by atoms with E-state index in [1.807, 2.05) is 42.3 Å². The third-order valence-electron chi connectivity index (χ3n) is 3.83. The number of nitrogens with zero attached hydrogens (tertiary/aromatic N) is 4. The van der Waals surface area contributed by atoms with Crippen molar-refractivity contribution in [2.75, 3.05) is 24.4 Å². The second-order valence-electron chi connectivity index (χ2n) is 5.79. The van der Waals surface area contributed by atoms with Crippen LogP contribution < -0.4 is 10.2 Å². The SMILES string of the molecule is COC(=O)c1ccc(Cl)c(Nc2nncc(N(C)Cc3ccccc3)n2)c1. The van der Waals surface area contributed by atoms with Gasteiger partial charge in [-0.1, -0.05) is 41.9 Å². The fraction of sp³-hybridized carbons (Fsp3) is 0.158. The molecule has 1 heterocycles. The topological polar surface area (TPSA) is 80.2 Å². The van der Waals surface area contributed by atoms with Crippen LogP contribution in [0.4, 0.5) is 17.5 Å². The van der Waals surface area contributed by atoms with Gasteiger partial charge in [0, 0.05) is 13.6 Å². The van der Waals surface area contributed by atoms with E-state index in [9.17, 15) is 4.79 Å². The van der Waals surface area contributed by atoms with E-state index in [0.717, 1.165) is 5.56 Å². The minimum absolute atomic E-state index is 0.274. The van der Waals surface area contributed by atoms with Crippen molar-refractivity contribution in [3.05, 3.63) is 70.9 Å². The lowest BCUT2D eigenvalue weighted by Gasteiger charge is -2.18. The van der Waals surface area contributed by atoms with Crippen molar-refractivity contribution in [2.45, 2.75) is 6.54 Å². The van der Waals surface area contributed by atoms with Crippen LogP contribution in [0, 0.1) is 0 Å². The molecular weight excluding hydrogens is 366 g/mol. The summed E-state index contributed by atoms with van der Waals surface area (Å²) in [7, 11) is 3.24. The van der Waals surface area contributed by atoms with E-state index in [0.29, 0.717) is 28.6 Å². The van der Waals surface area contributed by atoms with Crippen molar-refractivity contribution in [3.8, 4) is 0 Å². The van der Waals surface area contributed by atoms with Gasteiger partial charge in [-0.2, -0.15) is 10.1 Å². The van der Waals surface area contributed by atoms with Gasteiger partial charge in [0.15, 0.2) is 5.82 Å². The van der Waals surface area contributed by atoms with Crippen LogP contribution in [-0.4, -0.2) is 35.3 Å². The van der Waals surface area contributed by atoms with Gasteiger partial charge in [0.1, 0.15) is 0 Å². The van der Waals surface area contributed by atoms with Crippen molar-refractivity contribution in [1.29, 1.82) is 0 Å². The summed E-state index contributed by atoms with van der Waals surface area (Å²) >= 11 is 6.20. The first-order valence-corrected chi connectivity index (χ1v) is 8.54. The van der Waals surface area contributed by atoms with E-state index in [4.69, 9.17) is 16.3 Å². The molecule has 8 heteroatoms. The average molecular weight is 384 g/mol. The highest BCUT2D eigenvalue weighted by molar-refractivity contribution is 6.33. The van der Waals surface area contributed by atoms with E-state index in [-0.39, 0.29) is 5.95 Å². The number of hydrogen-bond acceptors (Lipinski definition) is 7. The summed E-state index contributed by atoms with van der Waals surface area (Å²) in [6.45, 7) is 0.678. The number of methoxy groups -OCH3 is 1. The highest BCUT2D eigenvalue weighted by atomic mass is 35.5. The summed E-state index contributed by atoms with van der Waals surface area (Å²) < 4.78 is 4.73. The molecule has 0 bridgehead atoms. The minimum Gasteiger partial charge on any atom is -0.465 e. The first-order chi connectivity index (χ1) is 13.1. The van der Waals surface area contributed by atoms with Crippen LogP contribution in [0.1, 0.15) is 15.9 Å². The molecule has 0 aliphatic carbocycles. The lowest BCUT2D eigenvalue weighted by atomic mass is 10.2. The summed E-state index contributed by atoms with van der Waals surface area (Å²) in [5, 5.41) is 11.4. The molecule has 1 aromatic heterocycles. The van der Waals surface area contributed by atoms with Gasteiger partial charge in [0.25, 0.3) is 0 Å². The summed E-state index contributed by atoms with van der Waals surface area (Å²) in [4.78, 5) is 18.1. The molecule has 0 spiro atoms. The van der Waals surface area contributed by atoms with Crippen LogP contribution in [-0.2, 0) is 11.3 Å². The second-order valence-corrected chi connectivity index (χ2v) is 6.20. The monoisotopic (exact) mass is 383 g/mol. The quantitative estimate of drug-likeness (QED) is 0.650. The number of anilines is 3. The van der Waals surface area contributed by atoms with E-state index in [2.05, 4.69) is 20.5 Å². The molecule has 3 aromatic rings. The van der Waals surface area contributed by atoms with Gasteiger partial charge in [-0.15, -0.1) is 5.10 Å². The van der Waals surface area contributed by atoms with Gasteiger partial charge in [-0.05, 0) is 23.8 Å². The summed E-state index contributed by atoms with van der Waals surface area (Å²) in [6.07, 6.45) is 1.58. The maximum Gasteiger partial charge on any atom is 0.337 e. The third kappa shape index (κ3) is 4.71. The molecule has 2 aromatic carbocycles. The van der Waals surface area contributed by atoms with Crippen LogP contribution in [0.3, 0.4) is 0 Å². The van der Waals surface area contributed by atoms with Crippen molar-refractivity contribution in [2.24, 2.45) is 0 Å². The predicted octanol–water partition coefficient (Wildman–Crippen LogP) is 3.69. The number of rotatable bonds is 6. The Bertz CT molecular complexity index is 936. The van der Waals surface area contributed by atoms with Crippen LogP contribution in [0.15, 0.2) is 54.7 Å². The zero-order chi connectivity index (χ0) is 19.2. The molecule has 0 amide bonds. The molecule has 0 aliphatic rings. The van der Waals surface area contributed by atoms with Gasteiger partial charge in [0.2, 0.25) is 5.95 Å². The van der Waals surface area contributed by atoms with E-state index < -0.39 is 5.97 Å². The second kappa shape index (κ2) is 8.46. The fourth-order valence-electron chi connectivity index (χ4n) is 2.46. The Kier molecular flexibility index (Phi) is 5.83. The lowest BCUT2D eigenvalue weighted by molar-refractivity contribution is 0.0601. The molecule has 0 aliphatic heterocycles. The summed E-state index contributed by atoms with van der Waals surface area (Å²) in [6, 6.07) is 14.8. The molecule has 1 N–H and O–H groups in total. The van der Waals surface area contributed by atoms with Crippen molar-refractivity contribution < 1.29 is 9.53 Å². The zero-order valence-electron chi connectivity index (χ0n) is 14.9. The van der Waals surface area contributed by atoms with Gasteiger partial charge in [0.05, 0.1) is 29.6 Å². The molecule has 0 radical (unpaired) electrons. The first-order valence-electron chi connectivity index (χ1n) is 8.16. The standard InChI is InChI=1S/C19H18ClN5O2/c1-25(12-13-6-4-3-5-7-13)17-11-21-24-19(23-17)22-16-10-14(18(26)27-2)8-9-15(16)20/h3-11H,12H2,1-2H3,(H,22,23,24). The highest BCUT2D eigenvalue weighted by Gasteiger charge is 2.12. The molecule has 7 nitrogen and oxygen atoms in total. The van der Waals surface area contributed by atoms with E-state index in [1.165, 1.54) is 7.11 Å². The smallest absolute Gasteiger partial charge is 0.337 e. The Morgan fingerprint density at radius 3 is 2.74 bits per heavy atom. The zero-order valence-corrected chi connectivity index (χ0v) is 15.6. The van der Waals surface area contributed by atoms with Gasteiger partial charge in [-0.25, -0.2) is 4.79 Å². The van der Waals surface area contributed by atoms with Crippen molar-refractivity contribution >= 4 is 35.0 Å². The normalized spacial score (nSPS) is 10.3. The van der Waals surface area contributed by atoms with Crippen molar-refractivity contribution in [1.82, 2.24) is 15.2 Å². The molecule has 3 rings (SSSR count). The largest absolute Gasteiger partial charge is 0.465 e. The van der Waals surface area contributed by atoms with E-state index in [1.54, 1.807) is 24.4 Å². The Balaban J connectivity index is 1.79. The number of carbonyl (C=O) groups is 1. The molecule has 138 valence electrons. The van der Waals surface area contributed by atoms with Gasteiger partial charge >= 0.3 is 5.97 Å². The number of benzene rings is 2. The summed E-state index contributed by atoms with van der Waals surface area (Å²) in [5.41, 5.74) is 2.01. The number of carbonyl (C=O) groups excluding carboxylic acids is 1. The van der Waals surface area contributed by atoms with Crippen LogP contribution in [0.5, 0.6) is 0 Å². The molecule has 0 fully saturated rings. The Morgan fingerprint density at radius 1 is 1.22 bits per heavy atom. The maximum atomic E-state index is 11.7. The Labute approximate surface area is 162 Å². The van der Waals surface area contributed by atoms with Crippen LogP contribution >= 0.6 is 11.6 Å². The highest BCUT2D eigenvalue weighted by Crippen LogP contribution is 2.26. The number of ether oxygens (including phenoxy) is 1. The number of aromatic nitrogens is 3. The Morgan fingerprint density at radius 2 is 2.00 bits per heavy atom. The van der Waals surface area contributed by atoms with Crippen LogP contribution in [0.2, 0.25) is 5.02 Å². The van der Waals surface area contributed by atoms with Crippen molar-refractivity contribution in [3.63, 3.8) is 0 Å². The molecule has 0 saturated heterocycles. The number of nitrogens with one attached hydrogen (secondary N) is 1. The van der Waals surface area contributed by atoms with Gasteiger partial charge < -0.3 is 15.0 Å². The average Bonchev–Trinajstić information content (AvgIpc) is 2.70. The number of esters is 1.